The molecule has 0 atom stereocenters. The molecule has 1 amide bonds. The number of aromatic hydroxyl groups is 1. The summed E-state index contributed by atoms with van der Waals surface area (Å²) in [5.41, 5.74) is 6.28. The Bertz CT molecular complexity index is 821. The molecule has 2 aromatic carbocycles. The number of esters is 1. The Kier molecular flexibility index (Phi) is 4.60. The second kappa shape index (κ2) is 7.00. The van der Waals surface area contributed by atoms with Crippen LogP contribution in [0, 0.1) is 0 Å². The molecule has 0 saturated heterocycles. The van der Waals surface area contributed by atoms with Crippen molar-refractivity contribution in [2.24, 2.45) is 0 Å². The van der Waals surface area contributed by atoms with Gasteiger partial charge in [-0.15, -0.1) is 0 Å². The molecule has 0 aromatic heterocycles. The summed E-state index contributed by atoms with van der Waals surface area (Å²) in [5.74, 6) is -0.306. The number of carbonyl (C=O) groups excluding carboxylic acids is 2. The average Bonchev–Trinajstić information content (AvgIpc) is 2.61. The zero-order valence-corrected chi connectivity index (χ0v) is 13.2. The van der Waals surface area contributed by atoms with Crippen molar-refractivity contribution in [3.05, 3.63) is 42.0 Å². The van der Waals surface area contributed by atoms with Crippen LogP contribution in [0.15, 0.2) is 36.4 Å². The summed E-state index contributed by atoms with van der Waals surface area (Å²) in [4.78, 5) is 23.9. The van der Waals surface area contributed by atoms with E-state index in [2.05, 4.69) is 5.32 Å². The Balaban J connectivity index is 1.58. The van der Waals surface area contributed by atoms with Crippen molar-refractivity contribution in [3.8, 4) is 17.2 Å². The predicted octanol–water partition coefficient (Wildman–Crippen LogP) is 1.54. The summed E-state index contributed by atoms with van der Waals surface area (Å²) >= 11 is 0. The molecule has 0 radical (unpaired) electrons. The molecule has 0 aliphatic carbocycles. The number of phenolic OH excluding ortho intramolecular Hbond substituents is 1. The van der Waals surface area contributed by atoms with Crippen LogP contribution in [0.25, 0.3) is 0 Å². The number of ether oxygens (including phenoxy) is 3. The van der Waals surface area contributed by atoms with E-state index in [-0.39, 0.29) is 17.0 Å². The van der Waals surface area contributed by atoms with Crippen molar-refractivity contribution in [2.45, 2.75) is 0 Å². The summed E-state index contributed by atoms with van der Waals surface area (Å²) in [6, 6.07) is 8.86. The first-order valence-corrected chi connectivity index (χ1v) is 7.48. The molecule has 8 nitrogen and oxygen atoms in total. The number of hydrogen-bond donors (Lipinski definition) is 3. The fraction of sp³-hybridized carbons (Fsp3) is 0.176. The van der Waals surface area contributed by atoms with Gasteiger partial charge in [0, 0.05) is 17.4 Å². The van der Waals surface area contributed by atoms with Crippen LogP contribution < -0.4 is 20.5 Å². The van der Waals surface area contributed by atoms with Gasteiger partial charge in [0.25, 0.3) is 5.91 Å². The van der Waals surface area contributed by atoms with Crippen LogP contribution >= 0.6 is 0 Å². The fourth-order valence-corrected chi connectivity index (χ4v) is 2.25. The van der Waals surface area contributed by atoms with E-state index in [1.807, 2.05) is 0 Å². The van der Waals surface area contributed by atoms with Gasteiger partial charge in [0.2, 0.25) is 0 Å². The molecule has 130 valence electrons. The normalized spacial score (nSPS) is 12.3. The molecule has 1 aliphatic rings. The van der Waals surface area contributed by atoms with Gasteiger partial charge >= 0.3 is 5.97 Å². The Morgan fingerprint density at radius 2 is 1.88 bits per heavy atom. The smallest absolute Gasteiger partial charge is 0.340 e. The number of carbonyl (C=O) groups is 2. The monoisotopic (exact) mass is 344 g/mol. The summed E-state index contributed by atoms with van der Waals surface area (Å²) < 4.78 is 15.7. The number of benzene rings is 2. The highest BCUT2D eigenvalue weighted by Gasteiger charge is 2.16. The first-order chi connectivity index (χ1) is 12.0. The van der Waals surface area contributed by atoms with Gasteiger partial charge in [-0.05, 0) is 30.3 Å². The Labute approximate surface area is 143 Å². The van der Waals surface area contributed by atoms with E-state index < -0.39 is 18.5 Å². The summed E-state index contributed by atoms with van der Waals surface area (Å²) in [7, 11) is 0. The van der Waals surface area contributed by atoms with Crippen LogP contribution in [0.4, 0.5) is 11.4 Å². The topological polar surface area (TPSA) is 120 Å². The highest BCUT2D eigenvalue weighted by Crippen LogP contribution is 2.32. The first kappa shape index (κ1) is 16.4. The minimum atomic E-state index is -0.800. The van der Waals surface area contributed by atoms with Crippen LogP contribution in [0.1, 0.15) is 10.4 Å². The van der Waals surface area contributed by atoms with Crippen molar-refractivity contribution in [3.63, 3.8) is 0 Å². The van der Waals surface area contributed by atoms with E-state index in [0.29, 0.717) is 30.4 Å². The van der Waals surface area contributed by atoms with Crippen molar-refractivity contribution in [1.29, 1.82) is 0 Å². The zero-order chi connectivity index (χ0) is 17.8. The molecule has 0 saturated carbocycles. The van der Waals surface area contributed by atoms with Gasteiger partial charge in [0.15, 0.2) is 18.1 Å². The number of hydrogen-bond acceptors (Lipinski definition) is 7. The number of rotatable bonds is 4. The third kappa shape index (κ3) is 3.92. The molecule has 0 bridgehead atoms. The molecule has 0 fully saturated rings. The highest BCUT2D eigenvalue weighted by atomic mass is 16.6. The quantitative estimate of drug-likeness (QED) is 0.437. The molecule has 1 heterocycles. The number of amides is 1. The van der Waals surface area contributed by atoms with E-state index in [0.717, 1.165) is 0 Å². The number of fused-ring (bicyclic) bond motifs is 1. The molecule has 1 aliphatic heterocycles. The minimum Gasteiger partial charge on any atom is -0.508 e. The van der Waals surface area contributed by atoms with E-state index >= 15 is 0 Å². The second-order valence-electron chi connectivity index (χ2n) is 5.25. The lowest BCUT2D eigenvalue weighted by Crippen LogP contribution is -2.21. The van der Waals surface area contributed by atoms with Crippen LogP contribution in [0.5, 0.6) is 17.2 Å². The molecule has 0 spiro atoms. The molecule has 4 N–H and O–H groups in total. The standard InChI is InChI=1S/C17H16N2O6/c18-13-3-2-11(20)8-12(13)17(22)25-9-16(21)19-10-1-4-14-15(7-10)24-6-5-23-14/h1-4,7-8,20H,5-6,9,18H2,(H,19,21). The number of nitrogen functional groups attached to an aromatic ring is 1. The first-order valence-electron chi connectivity index (χ1n) is 7.48. The number of anilines is 2. The van der Waals surface area contributed by atoms with Crippen molar-refractivity contribution < 1.29 is 28.9 Å². The van der Waals surface area contributed by atoms with Crippen LogP contribution in [-0.2, 0) is 9.53 Å². The Hall–Kier alpha value is -3.42. The van der Waals surface area contributed by atoms with Gasteiger partial charge in [0.1, 0.15) is 19.0 Å². The zero-order valence-electron chi connectivity index (χ0n) is 13.2. The Morgan fingerprint density at radius 3 is 2.68 bits per heavy atom. The van der Waals surface area contributed by atoms with Gasteiger partial charge in [-0.1, -0.05) is 0 Å². The molecule has 0 unspecified atom stereocenters. The lowest BCUT2D eigenvalue weighted by molar-refractivity contribution is -0.119. The molecular weight excluding hydrogens is 328 g/mol. The maximum atomic E-state index is 11.9. The lowest BCUT2D eigenvalue weighted by Gasteiger charge is -2.19. The van der Waals surface area contributed by atoms with E-state index in [9.17, 15) is 14.7 Å². The van der Waals surface area contributed by atoms with E-state index in [1.165, 1.54) is 18.2 Å². The van der Waals surface area contributed by atoms with Crippen molar-refractivity contribution in [1.82, 2.24) is 0 Å². The van der Waals surface area contributed by atoms with E-state index in [4.69, 9.17) is 19.9 Å². The lowest BCUT2D eigenvalue weighted by atomic mass is 10.2. The second-order valence-corrected chi connectivity index (χ2v) is 5.25. The van der Waals surface area contributed by atoms with Gasteiger partial charge in [-0.25, -0.2) is 4.79 Å². The SMILES string of the molecule is Nc1ccc(O)cc1C(=O)OCC(=O)Nc1ccc2c(c1)OCCO2. The summed E-state index contributed by atoms with van der Waals surface area (Å²) in [6.07, 6.45) is 0. The molecular formula is C17H16N2O6. The molecule has 3 rings (SSSR count). The molecule has 8 heteroatoms. The number of phenols is 1. The van der Waals surface area contributed by atoms with Gasteiger partial charge in [-0.2, -0.15) is 0 Å². The Morgan fingerprint density at radius 1 is 1.12 bits per heavy atom. The molecule has 2 aromatic rings. The maximum Gasteiger partial charge on any atom is 0.340 e. The fourth-order valence-electron chi connectivity index (χ4n) is 2.25. The predicted molar refractivity (Wildman–Crippen MR) is 88.9 cm³/mol. The highest BCUT2D eigenvalue weighted by molar-refractivity contribution is 5.98. The maximum absolute atomic E-state index is 11.9. The van der Waals surface area contributed by atoms with Gasteiger partial charge in [-0.3, -0.25) is 4.79 Å². The van der Waals surface area contributed by atoms with Gasteiger partial charge in [0.05, 0.1) is 5.56 Å². The van der Waals surface area contributed by atoms with Crippen LogP contribution in [0.2, 0.25) is 0 Å². The number of nitrogens with two attached hydrogens (primary N) is 1. The minimum absolute atomic E-state index is 0.00729. The third-order valence-electron chi connectivity index (χ3n) is 3.42. The largest absolute Gasteiger partial charge is 0.508 e. The van der Waals surface area contributed by atoms with Gasteiger partial charge < -0.3 is 30.4 Å². The van der Waals surface area contributed by atoms with Crippen molar-refractivity contribution >= 4 is 23.3 Å². The summed E-state index contributed by atoms with van der Waals surface area (Å²) in [5, 5.41) is 12.0. The average molecular weight is 344 g/mol. The van der Waals surface area contributed by atoms with Crippen LogP contribution in [0.3, 0.4) is 0 Å². The molecule has 25 heavy (non-hydrogen) atoms. The number of nitrogens with one attached hydrogen (secondary N) is 1. The third-order valence-corrected chi connectivity index (χ3v) is 3.42. The van der Waals surface area contributed by atoms with E-state index in [1.54, 1.807) is 18.2 Å². The van der Waals surface area contributed by atoms with Crippen LogP contribution in [-0.4, -0.2) is 36.8 Å². The summed E-state index contributed by atoms with van der Waals surface area (Å²) in [6.45, 7) is 0.419. The van der Waals surface area contributed by atoms with Crippen molar-refractivity contribution in [2.75, 3.05) is 30.9 Å².